The highest BCUT2D eigenvalue weighted by Crippen LogP contribution is 2.27. The molecule has 4 heteroatoms. The van der Waals surface area contributed by atoms with Gasteiger partial charge in [0.25, 0.3) is 0 Å². The Balaban J connectivity index is 1.91. The lowest BCUT2D eigenvalue weighted by molar-refractivity contribution is 0.0258. The van der Waals surface area contributed by atoms with Crippen molar-refractivity contribution in [1.29, 1.82) is 0 Å². The van der Waals surface area contributed by atoms with E-state index >= 15 is 0 Å². The zero-order valence-corrected chi connectivity index (χ0v) is 14.3. The van der Waals surface area contributed by atoms with E-state index in [4.69, 9.17) is 4.74 Å². The molecule has 22 heavy (non-hydrogen) atoms. The van der Waals surface area contributed by atoms with Crippen LogP contribution in [0.5, 0.6) is 0 Å². The predicted molar refractivity (Wildman–Crippen MR) is 93.7 cm³/mol. The average Bonchev–Trinajstić information content (AvgIpc) is 2.94. The van der Waals surface area contributed by atoms with Crippen LogP contribution in [-0.2, 0) is 11.2 Å². The van der Waals surface area contributed by atoms with Crippen LogP contribution in [0.4, 0.5) is 5.69 Å². The highest BCUT2D eigenvalue weighted by molar-refractivity contribution is 5.97. The Morgan fingerprint density at radius 1 is 1.36 bits per heavy atom. The van der Waals surface area contributed by atoms with Crippen LogP contribution in [0.25, 0.3) is 0 Å². The molecule has 122 valence electrons. The lowest BCUT2D eigenvalue weighted by Gasteiger charge is -2.25. The summed E-state index contributed by atoms with van der Waals surface area (Å²) in [6, 6.07) is 8.57. The Morgan fingerprint density at radius 2 is 2.14 bits per heavy atom. The van der Waals surface area contributed by atoms with Crippen LogP contribution in [0.1, 0.15) is 32.8 Å². The van der Waals surface area contributed by atoms with Gasteiger partial charge in [0.1, 0.15) is 0 Å². The number of fused-ring (bicyclic) bond motifs is 1. The van der Waals surface area contributed by atoms with Crippen LogP contribution in [-0.4, -0.2) is 38.8 Å². The molecule has 1 N–H and O–H groups in total. The molecule has 0 saturated carbocycles. The molecule has 1 aromatic rings. The van der Waals surface area contributed by atoms with Crippen LogP contribution in [0, 0.1) is 5.92 Å². The average molecular weight is 303 g/mol. The minimum Gasteiger partial charge on any atom is -0.378 e. The highest BCUT2D eigenvalue weighted by atomic mass is 16.5. The maximum atomic E-state index is 5.81. The van der Waals surface area contributed by atoms with E-state index < -0.39 is 0 Å². The molecule has 0 saturated heterocycles. The lowest BCUT2D eigenvalue weighted by Crippen LogP contribution is -2.42. The summed E-state index contributed by atoms with van der Waals surface area (Å²) < 4.78 is 5.81. The van der Waals surface area contributed by atoms with Crippen molar-refractivity contribution >= 4 is 11.6 Å². The first-order valence-electron chi connectivity index (χ1n) is 8.35. The normalized spacial score (nSPS) is 16.0. The fraction of sp³-hybridized carbons (Fsp3) is 0.611. The van der Waals surface area contributed by atoms with Crippen LogP contribution >= 0.6 is 0 Å². The van der Waals surface area contributed by atoms with E-state index in [1.54, 1.807) is 0 Å². The number of hydrogen-bond acceptors (Lipinski definition) is 2. The molecule has 0 spiro atoms. The zero-order valence-electron chi connectivity index (χ0n) is 14.3. The Labute approximate surface area is 134 Å². The molecule has 0 fully saturated rings. The Kier molecular flexibility index (Phi) is 6.25. The molecule has 1 atom stereocenters. The monoisotopic (exact) mass is 303 g/mol. The fourth-order valence-electron chi connectivity index (χ4n) is 3.00. The van der Waals surface area contributed by atoms with Gasteiger partial charge in [0, 0.05) is 32.4 Å². The predicted octanol–water partition coefficient (Wildman–Crippen LogP) is 3.08. The van der Waals surface area contributed by atoms with Gasteiger partial charge in [-0.2, -0.15) is 0 Å². The Bertz CT molecular complexity index is 499. The lowest BCUT2D eigenvalue weighted by atomic mass is 10.0. The molecule has 0 radical (unpaired) electrons. The second-order valence-electron chi connectivity index (χ2n) is 6.03. The van der Waals surface area contributed by atoms with E-state index in [9.17, 15) is 0 Å². The molecule has 0 amide bonds. The summed E-state index contributed by atoms with van der Waals surface area (Å²) in [6.07, 6.45) is 2.39. The topological polar surface area (TPSA) is 36.9 Å². The number of nitrogens with one attached hydrogen (secondary N) is 1. The Hall–Kier alpha value is -1.55. The van der Waals surface area contributed by atoms with Gasteiger partial charge in [-0.05, 0) is 37.3 Å². The van der Waals surface area contributed by atoms with E-state index in [-0.39, 0.29) is 0 Å². The summed E-state index contributed by atoms with van der Waals surface area (Å²) in [5.74, 6) is 1.50. The zero-order chi connectivity index (χ0) is 15.9. The second-order valence-corrected chi connectivity index (χ2v) is 6.03. The number of guanidine groups is 1. The van der Waals surface area contributed by atoms with Crippen molar-refractivity contribution in [3.63, 3.8) is 0 Å². The van der Waals surface area contributed by atoms with E-state index in [1.165, 1.54) is 11.3 Å². The fourth-order valence-corrected chi connectivity index (χ4v) is 3.00. The molecule has 1 unspecified atom stereocenters. The van der Waals surface area contributed by atoms with E-state index in [2.05, 4.69) is 60.2 Å². The third-order valence-electron chi connectivity index (χ3n) is 4.19. The molecule has 2 rings (SSSR count). The number of benzene rings is 1. The van der Waals surface area contributed by atoms with Gasteiger partial charge in [0.15, 0.2) is 5.96 Å². The largest absolute Gasteiger partial charge is 0.378 e. The first-order chi connectivity index (χ1) is 10.7. The quantitative estimate of drug-likeness (QED) is 0.648. The molecule has 4 nitrogen and oxygen atoms in total. The molecule has 0 aromatic heterocycles. The second kappa shape index (κ2) is 8.18. The van der Waals surface area contributed by atoms with Crippen molar-refractivity contribution in [2.75, 3.05) is 31.6 Å². The smallest absolute Gasteiger partial charge is 0.198 e. The van der Waals surface area contributed by atoms with E-state index in [0.29, 0.717) is 12.0 Å². The Morgan fingerprint density at radius 3 is 2.82 bits per heavy atom. The van der Waals surface area contributed by atoms with Gasteiger partial charge in [-0.3, -0.25) is 4.99 Å². The van der Waals surface area contributed by atoms with Crippen molar-refractivity contribution in [2.24, 2.45) is 10.9 Å². The third-order valence-corrected chi connectivity index (χ3v) is 4.19. The van der Waals surface area contributed by atoms with Gasteiger partial charge in [0.05, 0.1) is 6.10 Å². The molecule has 1 aromatic carbocycles. The van der Waals surface area contributed by atoms with E-state index in [1.807, 2.05) is 7.05 Å². The summed E-state index contributed by atoms with van der Waals surface area (Å²) in [6.45, 7) is 9.14. The van der Waals surface area contributed by atoms with Gasteiger partial charge in [-0.25, -0.2) is 0 Å². The summed E-state index contributed by atoms with van der Waals surface area (Å²) in [7, 11) is 1.85. The van der Waals surface area contributed by atoms with Gasteiger partial charge in [-0.15, -0.1) is 0 Å². The number of hydrogen-bond donors (Lipinski definition) is 1. The molecular weight excluding hydrogens is 274 g/mol. The van der Waals surface area contributed by atoms with Crippen molar-refractivity contribution in [3.05, 3.63) is 29.8 Å². The highest BCUT2D eigenvalue weighted by Gasteiger charge is 2.22. The maximum Gasteiger partial charge on any atom is 0.198 e. The third kappa shape index (κ3) is 4.01. The molecular formula is C18H29N3O. The standard InChI is InChI=1S/C18H29N3O/c1-5-22-17(14(2)3)10-12-20-18(19-4)21-13-11-15-8-6-7-9-16(15)21/h6-9,14,17H,5,10-13H2,1-4H3,(H,19,20). The summed E-state index contributed by atoms with van der Waals surface area (Å²) in [4.78, 5) is 6.73. The number of anilines is 1. The van der Waals surface area contributed by atoms with Gasteiger partial charge in [0.2, 0.25) is 0 Å². The molecule has 0 aliphatic carbocycles. The first-order valence-corrected chi connectivity index (χ1v) is 8.35. The van der Waals surface area contributed by atoms with Gasteiger partial charge in [-0.1, -0.05) is 32.0 Å². The number of aliphatic imine (C=N–C) groups is 1. The van der Waals surface area contributed by atoms with Crippen LogP contribution in [0.3, 0.4) is 0 Å². The summed E-state index contributed by atoms with van der Waals surface area (Å²) in [5, 5.41) is 3.49. The SMILES string of the molecule is CCOC(CCNC(=NC)N1CCc2ccccc21)C(C)C. The van der Waals surface area contributed by atoms with Crippen molar-refractivity contribution in [1.82, 2.24) is 5.32 Å². The number of ether oxygens (including phenoxy) is 1. The minimum absolute atomic E-state index is 0.307. The van der Waals surface area contributed by atoms with Gasteiger partial charge >= 0.3 is 0 Å². The van der Waals surface area contributed by atoms with Crippen molar-refractivity contribution in [2.45, 2.75) is 39.7 Å². The number of rotatable bonds is 6. The number of para-hydroxylation sites is 1. The number of nitrogens with zero attached hydrogens (tertiary/aromatic N) is 2. The molecule has 1 aliphatic heterocycles. The van der Waals surface area contributed by atoms with Gasteiger partial charge < -0.3 is 15.0 Å². The van der Waals surface area contributed by atoms with Crippen LogP contribution in [0.2, 0.25) is 0 Å². The van der Waals surface area contributed by atoms with Crippen molar-refractivity contribution < 1.29 is 4.74 Å². The maximum absolute atomic E-state index is 5.81. The summed E-state index contributed by atoms with van der Waals surface area (Å²) in [5.41, 5.74) is 2.68. The van der Waals surface area contributed by atoms with E-state index in [0.717, 1.165) is 38.5 Å². The minimum atomic E-state index is 0.307. The van der Waals surface area contributed by atoms with Crippen LogP contribution in [0.15, 0.2) is 29.3 Å². The first kappa shape index (κ1) is 16.8. The van der Waals surface area contributed by atoms with Crippen molar-refractivity contribution in [3.8, 4) is 0 Å². The molecule has 1 heterocycles. The summed E-state index contributed by atoms with van der Waals surface area (Å²) >= 11 is 0. The van der Waals surface area contributed by atoms with Crippen LogP contribution < -0.4 is 10.2 Å². The molecule has 1 aliphatic rings. The molecule has 0 bridgehead atoms.